The highest BCUT2D eigenvalue weighted by molar-refractivity contribution is 5.73. The minimum atomic E-state index is -4.44. The fourth-order valence-electron chi connectivity index (χ4n) is 5.80. The van der Waals surface area contributed by atoms with Crippen LogP contribution in [-0.4, -0.2) is 38.3 Å². The van der Waals surface area contributed by atoms with Crippen molar-refractivity contribution in [1.29, 1.82) is 0 Å². The maximum atomic E-state index is 15.3. The Morgan fingerprint density at radius 1 is 0.619 bits per heavy atom. The van der Waals surface area contributed by atoms with E-state index >= 15 is 13.2 Å². The van der Waals surface area contributed by atoms with Gasteiger partial charge in [-0.3, -0.25) is 0 Å². The number of rotatable bonds is 11. The van der Waals surface area contributed by atoms with Crippen LogP contribution >= 0.6 is 0 Å². The Hall–Kier alpha value is -3.37. The minimum Gasteiger partial charge on any atom is -0.331 e. The molecule has 0 bridgehead atoms. The fraction of sp³-hybridized carbons (Fsp3) is 0.368. The summed E-state index contributed by atoms with van der Waals surface area (Å²) in [6.07, 6.45) is -2.24. The third kappa shape index (κ3) is 7.33. The Bertz CT molecular complexity index is 1430. The van der Waals surface area contributed by atoms with Gasteiger partial charge in [0, 0.05) is 0 Å². The van der Waals surface area contributed by atoms with Gasteiger partial charge in [-0.05, 0) is 77.1 Å². The number of alkyl halides is 3. The number of benzene rings is 4. The van der Waals surface area contributed by atoms with E-state index in [1.54, 1.807) is 36.4 Å². The summed E-state index contributed by atoms with van der Waals surface area (Å²) in [5, 5.41) is 0. The van der Waals surface area contributed by atoms with Crippen LogP contribution in [0.1, 0.15) is 67.7 Å². The quantitative estimate of drug-likeness (QED) is 0.124. The number of unbranched alkanes of at least 4 members (excludes halogenated alkanes) is 2. The van der Waals surface area contributed by atoms with Gasteiger partial charge >= 0.3 is 6.18 Å². The van der Waals surface area contributed by atoms with Crippen molar-refractivity contribution < 1.29 is 17.7 Å². The normalized spacial score (nSPS) is 13.8. The molecule has 0 fully saturated rings. The molecule has 0 radical (unpaired) electrons. The van der Waals surface area contributed by atoms with Crippen molar-refractivity contribution in [3.63, 3.8) is 0 Å². The number of nitrogens with zero attached hydrogens (tertiary/aromatic N) is 1. The molecule has 1 atom stereocenters. The lowest BCUT2D eigenvalue weighted by atomic mass is 9.70. The molecule has 0 N–H and O–H groups in total. The van der Waals surface area contributed by atoms with Crippen molar-refractivity contribution in [2.45, 2.75) is 64.0 Å². The number of aryl methyl sites for hydroxylation is 1. The molecular weight excluding hydrogens is 527 g/mol. The average Bonchev–Trinajstić information content (AvgIpc) is 2.95. The van der Waals surface area contributed by atoms with Crippen LogP contribution in [0.3, 0.4) is 0 Å². The van der Waals surface area contributed by atoms with E-state index in [-0.39, 0.29) is 6.42 Å². The highest BCUT2D eigenvalue weighted by atomic mass is 19.4. The molecule has 0 aliphatic heterocycles. The largest absolute Gasteiger partial charge is 0.402 e. The Morgan fingerprint density at radius 3 is 1.60 bits per heavy atom. The Kier molecular flexibility index (Phi) is 9.67. The van der Waals surface area contributed by atoms with E-state index in [0.29, 0.717) is 23.5 Å². The fourth-order valence-corrected chi connectivity index (χ4v) is 5.80. The first kappa shape index (κ1) is 31.6. The zero-order valence-electron chi connectivity index (χ0n) is 25.9. The lowest BCUT2D eigenvalue weighted by molar-refractivity contribution is -0.870. The molecule has 222 valence electrons. The maximum Gasteiger partial charge on any atom is 0.402 e. The van der Waals surface area contributed by atoms with Crippen LogP contribution in [0, 0.1) is 6.92 Å². The monoisotopic (exact) mass is 572 g/mol. The molecule has 1 unspecified atom stereocenters. The second-order valence-corrected chi connectivity index (χ2v) is 13.0. The molecule has 0 aromatic heterocycles. The SMILES string of the molecule is Cc1ccc(C(CCCCC[N+](C)(C)C)(c2ccc(-c3cccc(-c4ccc(C(C)C)cc4)c3)cc2)C(F)(F)F)cc1. The van der Waals surface area contributed by atoms with Crippen molar-refractivity contribution in [1.82, 2.24) is 0 Å². The van der Waals surface area contributed by atoms with Crippen LogP contribution in [0.4, 0.5) is 13.2 Å². The van der Waals surface area contributed by atoms with E-state index in [1.807, 2.05) is 31.2 Å². The van der Waals surface area contributed by atoms with Crippen molar-refractivity contribution in [2.75, 3.05) is 27.7 Å². The van der Waals surface area contributed by atoms with Gasteiger partial charge in [-0.25, -0.2) is 0 Å². The molecule has 0 aliphatic rings. The van der Waals surface area contributed by atoms with Crippen LogP contribution in [0.5, 0.6) is 0 Å². The summed E-state index contributed by atoms with van der Waals surface area (Å²) in [4.78, 5) is 0. The summed E-state index contributed by atoms with van der Waals surface area (Å²) < 4.78 is 46.7. The molecule has 0 saturated carbocycles. The number of quaternary nitrogens is 1. The van der Waals surface area contributed by atoms with E-state index in [2.05, 4.69) is 71.4 Å². The molecule has 1 nitrogen and oxygen atoms in total. The molecule has 0 spiro atoms. The van der Waals surface area contributed by atoms with Gasteiger partial charge < -0.3 is 4.48 Å². The average molecular weight is 573 g/mol. The first-order valence-corrected chi connectivity index (χ1v) is 15.1. The summed E-state index contributed by atoms with van der Waals surface area (Å²) in [6, 6.07) is 30.8. The van der Waals surface area contributed by atoms with Crippen molar-refractivity contribution in [3.05, 3.63) is 119 Å². The molecule has 0 heterocycles. The molecular formula is C38H45F3N+. The van der Waals surface area contributed by atoms with Gasteiger partial charge in [0.2, 0.25) is 0 Å². The van der Waals surface area contributed by atoms with Crippen LogP contribution in [0.25, 0.3) is 22.3 Å². The maximum absolute atomic E-state index is 15.3. The highest BCUT2D eigenvalue weighted by Gasteiger charge is 2.56. The van der Waals surface area contributed by atoms with Gasteiger partial charge in [0.1, 0.15) is 5.41 Å². The van der Waals surface area contributed by atoms with Crippen molar-refractivity contribution >= 4 is 0 Å². The molecule has 0 amide bonds. The Morgan fingerprint density at radius 2 is 1.12 bits per heavy atom. The second-order valence-electron chi connectivity index (χ2n) is 13.0. The van der Waals surface area contributed by atoms with Gasteiger partial charge in [-0.2, -0.15) is 13.2 Å². The van der Waals surface area contributed by atoms with Crippen LogP contribution < -0.4 is 0 Å². The first-order chi connectivity index (χ1) is 19.8. The predicted octanol–water partition coefficient (Wildman–Crippen LogP) is 10.6. The smallest absolute Gasteiger partial charge is 0.331 e. The standard InChI is InChI=1S/C38H45F3N/c1-28(2)30-15-17-31(18-16-30)33-11-10-12-34(27-33)32-19-23-36(24-20-32)37(38(39,40)41,35-21-13-29(3)14-22-35)25-8-7-9-26-42(4,5)6/h10-24,27-28H,7-9,25-26H2,1-6H3/q+1. The van der Waals surface area contributed by atoms with E-state index in [1.165, 1.54) is 5.56 Å². The third-order valence-corrected chi connectivity index (χ3v) is 8.39. The Balaban J connectivity index is 1.67. The van der Waals surface area contributed by atoms with E-state index in [9.17, 15) is 0 Å². The third-order valence-electron chi connectivity index (χ3n) is 8.39. The summed E-state index contributed by atoms with van der Waals surface area (Å²) in [6.45, 7) is 7.21. The van der Waals surface area contributed by atoms with Gasteiger partial charge in [0.25, 0.3) is 0 Å². The topological polar surface area (TPSA) is 0 Å². The first-order valence-electron chi connectivity index (χ1n) is 15.1. The second kappa shape index (κ2) is 12.9. The van der Waals surface area contributed by atoms with Crippen molar-refractivity contribution in [2.24, 2.45) is 0 Å². The van der Waals surface area contributed by atoms with Gasteiger partial charge in [-0.15, -0.1) is 0 Å². The van der Waals surface area contributed by atoms with Gasteiger partial charge in [0.05, 0.1) is 27.7 Å². The minimum absolute atomic E-state index is 0.0257. The van der Waals surface area contributed by atoms with Crippen LogP contribution in [0.2, 0.25) is 0 Å². The van der Waals surface area contributed by atoms with E-state index in [0.717, 1.165) is 51.7 Å². The van der Waals surface area contributed by atoms with E-state index in [4.69, 9.17) is 0 Å². The summed E-state index contributed by atoms with van der Waals surface area (Å²) in [7, 11) is 6.35. The zero-order chi connectivity index (χ0) is 30.5. The van der Waals surface area contributed by atoms with Crippen LogP contribution in [0.15, 0.2) is 97.1 Å². The van der Waals surface area contributed by atoms with E-state index < -0.39 is 11.6 Å². The lowest BCUT2D eigenvalue weighted by Gasteiger charge is -2.37. The molecule has 4 aromatic rings. The Labute approximate surface area is 250 Å². The van der Waals surface area contributed by atoms with Gasteiger partial charge in [-0.1, -0.05) is 117 Å². The molecule has 0 saturated heterocycles. The number of hydrogen-bond donors (Lipinski definition) is 0. The summed E-state index contributed by atoms with van der Waals surface area (Å²) >= 11 is 0. The highest BCUT2D eigenvalue weighted by Crippen LogP contribution is 2.50. The number of hydrogen-bond acceptors (Lipinski definition) is 0. The van der Waals surface area contributed by atoms with Crippen molar-refractivity contribution in [3.8, 4) is 22.3 Å². The molecule has 4 aromatic carbocycles. The molecule has 4 heteroatoms. The summed E-state index contributed by atoms with van der Waals surface area (Å²) in [5.41, 5.74) is 4.90. The molecule has 42 heavy (non-hydrogen) atoms. The molecule has 0 aliphatic carbocycles. The zero-order valence-corrected chi connectivity index (χ0v) is 25.9. The lowest BCUT2D eigenvalue weighted by Crippen LogP contribution is -2.43. The molecule has 4 rings (SSSR count). The van der Waals surface area contributed by atoms with Gasteiger partial charge in [0.15, 0.2) is 0 Å². The summed E-state index contributed by atoms with van der Waals surface area (Å²) in [5.74, 6) is 0.468. The van der Waals surface area contributed by atoms with Crippen LogP contribution in [-0.2, 0) is 5.41 Å². The predicted molar refractivity (Wildman–Crippen MR) is 171 cm³/mol. The number of halogens is 3.